The Morgan fingerprint density at radius 2 is 1.48 bits per heavy atom. The number of nitrogens with zero attached hydrogens (tertiary/aromatic N) is 2. The number of nitrogens with one attached hydrogen (secondary N) is 1. The van der Waals surface area contributed by atoms with E-state index in [1.54, 1.807) is 0 Å². The normalized spacial score (nSPS) is 12.1. The molecule has 0 aromatic heterocycles. The van der Waals surface area contributed by atoms with E-state index >= 15 is 0 Å². The van der Waals surface area contributed by atoms with Gasteiger partial charge in [-0.25, -0.2) is 12.8 Å². The summed E-state index contributed by atoms with van der Waals surface area (Å²) in [6, 6.07) is 24.5. The predicted molar refractivity (Wildman–Crippen MR) is 187 cm³/mol. The van der Waals surface area contributed by atoms with E-state index in [-0.39, 0.29) is 29.3 Å². The Labute approximate surface area is 289 Å². The highest BCUT2D eigenvalue weighted by atomic mass is 79.9. The zero-order valence-corrected chi connectivity index (χ0v) is 29.8. The van der Waals surface area contributed by atoms with Crippen molar-refractivity contribution in [3.8, 4) is 11.5 Å². The van der Waals surface area contributed by atoms with E-state index in [9.17, 15) is 22.4 Å². The molecule has 4 aromatic carbocycles. The van der Waals surface area contributed by atoms with Crippen molar-refractivity contribution in [2.24, 2.45) is 0 Å². The van der Waals surface area contributed by atoms with Crippen molar-refractivity contribution >= 4 is 43.5 Å². The van der Waals surface area contributed by atoms with E-state index in [1.807, 2.05) is 75.4 Å². The summed E-state index contributed by atoms with van der Waals surface area (Å²) in [6.07, 6.45) is 0.171. The minimum absolute atomic E-state index is 0.00877. The highest BCUT2D eigenvalue weighted by molar-refractivity contribution is 9.10. The molecule has 0 radical (unpaired) electrons. The first-order valence-electron chi connectivity index (χ1n) is 15.1. The summed E-state index contributed by atoms with van der Waals surface area (Å²) < 4.78 is 55.0. The molecule has 2 amide bonds. The monoisotopic (exact) mass is 739 g/mol. The fourth-order valence-electron chi connectivity index (χ4n) is 5.03. The molecule has 0 spiro atoms. The molecule has 0 saturated heterocycles. The lowest BCUT2D eigenvalue weighted by molar-refractivity contribution is -0.140. The zero-order chi connectivity index (χ0) is 35.1. The highest BCUT2D eigenvalue weighted by Gasteiger charge is 2.36. The van der Waals surface area contributed by atoms with Gasteiger partial charge in [-0.2, -0.15) is 0 Å². The maximum Gasteiger partial charge on any atom is 0.264 e. The molecular formula is C36H39BrFN3O6S. The molecule has 254 valence electrons. The molecule has 0 bridgehead atoms. The van der Waals surface area contributed by atoms with E-state index in [4.69, 9.17) is 9.47 Å². The number of halogens is 2. The van der Waals surface area contributed by atoms with Gasteiger partial charge in [0.2, 0.25) is 11.8 Å². The van der Waals surface area contributed by atoms with Crippen LogP contribution in [-0.2, 0) is 32.6 Å². The van der Waals surface area contributed by atoms with Crippen LogP contribution >= 0.6 is 15.9 Å². The summed E-state index contributed by atoms with van der Waals surface area (Å²) in [4.78, 5) is 29.8. The van der Waals surface area contributed by atoms with Crippen LogP contribution in [0.1, 0.15) is 31.9 Å². The highest BCUT2D eigenvalue weighted by Crippen LogP contribution is 2.32. The smallest absolute Gasteiger partial charge is 0.264 e. The van der Waals surface area contributed by atoms with Crippen molar-refractivity contribution in [2.45, 2.75) is 50.2 Å². The van der Waals surface area contributed by atoms with E-state index in [0.29, 0.717) is 5.75 Å². The first-order chi connectivity index (χ1) is 22.7. The lowest BCUT2D eigenvalue weighted by Gasteiger charge is -2.35. The molecule has 0 aliphatic heterocycles. The van der Waals surface area contributed by atoms with Gasteiger partial charge in [-0.15, -0.1) is 0 Å². The van der Waals surface area contributed by atoms with E-state index in [1.165, 1.54) is 49.5 Å². The van der Waals surface area contributed by atoms with Gasteiger partial charge in [0.1, 0.15) is 18.4 Å². The Balaban J connectivity index is 1.83. The van der Waals surface area contributed by atoms with Gasteiger partial charge in [0.15, 0.2) is 11.5 Å². The number of sulfonamides is 1. The van der Waals surface area contributed by atoms with Crippen molar-refractivity contribution in [1.82, 2.24) is 10.2 Å². The Morgan fingerprint density at radius 3 is 2.06 bits per heavy atom. The number of carbonyl (C=O) groups excluding carboxylic acids is 2. The third-order valence-corrected chi connectivity index (χ3v) is 9.67. The third kappa shape index (κ3) is 9.35. The molecule has 1 atom stereocenters. The number of rotatable bonds is 13. The molecule has 48 heavy (non-hydrogen) atoms. The SMILES string of the molecule is COc1ccc(S(=O)(=O)N(CC(=O)N(Cc2ccc(Br)cc2)[C@H](Cc2ccccc2)C(=O)NC(C)(C)C)c2ccc(F)cc2)cc1OC. The second-order valence-corrected chi connectivity index (χ2v) is 14.9. The topological polar surface area (TPSA) is 105 Å². The van der Waals surface area contributed by atoms with E-state index in [0.717, 1.165) is 32.0 Å². The van der Waals surface area contributed by atoms with Gasteiger partial charge in [0.25, 0.3) is 10.0 Å². The average Bonchev–Trinajstić information content (AvgIpc) is 3.05. The summed E-state index contributed by atoms with van der Waals surface area (Å²) in [5.41, 5.74) is 0.981. The lowest BCUT2D eigenvalue weighted by Crippen LogP contribution is -2.56. The number of amides is 2. The molecule has 0 aliphatic rings. The molecule has 0 fully saturated rings. The van der Waals surface area contributed by atoms with Crippen LogP contribution in [0.4, 0.5) is 10.1 Å². The summed E-state index contributed by atoms with van der Waals surface area (Å²) in [5.74, 6) is -1.13. The Bertz CT molecular complexity index is 1820. The van der Waals surface area contributed by atoms with Crippen molar-refractivity contribution in [3.63, 3.8) is 0 Å². The van der Waals surface area contributed by atoms with Crippen molar-refractivity contribution in [3.05, 3.63) is 118 Å². The van der Waals surface area contributed by atoms with Crippen molar-refractivity contribution in [2.75, 3.05) is 25.1 Å². The number of methoxy groups -OCH3 is 2. The van der Waals surface area contributed by atoms with E-state index in [2.05, 4.69) is 21.2 Å². The zero-order valence-electron chi connectivity index (χ0n) is 27.4. The molecule has 4 rings (SSSR count). The maximum atomic E-state index is 14.6. The van der Waals surface area contributed by atoms with Gasteiger partial charge in [-0.1, -0.05) is 58.4 Å². The average molecular weight is 741 g/mol. The molecular weight excluding hydrogens is 701 g/mol. The summed E-state index contributed by atoms with van der Waals surface area (Å²) in [6.45, 7) is 4.85. The van der Waals surface area contributed by atoms with Crippen LogP contribution in [-0.4, -0.2) is 57.5 Å². The molecule has 0 aliphatic carbocycles. The Morgan fingerprint density at radius 1 is 0.854 bits per heavy atom. The van der Waals surface area contributed by atoms with Gasteiger partial charge in [0, 0.05) is 29.0 Å². The van der Waals surface area contributed by atoms with Crippen LogP contribution in [0.15, 0.2) is 106 Å². The van der Waals surface area contributed by atoms with Crippen molar-refractivity contribution < 1.29 is 31.9 Å². The van der Waals surface area contributed by atoms with Gasteiger partial charge < -0.3 is 19.7 Å². The second kappa shape index (κ2) is 15.7. The number of benzene rings is 4. The van der Waals surface area contributed by atoms with E-state index < -0.39 is 45.8 Å². The number of anilines is 1. The van der Waals surface area contributed by atoms with Gasteiger partial charge in [-0.3, -0.25) is 13.9 Å². The van der Waals surface area contributed by atoms with Gasteiger partial charge in [0.05, 0.1) is 24.8 Å². The van der Waals surface area contributed by atoms with Gasteiger partial charge in [-0.05, 0) is 80.4 Å². The number of carbonyl (C=O) groups is 2. The fourth-order valence-corrected chi connectivity index (χ4v) is 6.73. The second-order valence-electron chi connectivity index (χ2n) is 12.1. The number of hydrogen-bond donors (Lipinski definition) is 1. The molecule has 0 unspecified atom stereocenters. The summed E-state index contributed by atoms with van der Waals surface area (Å²) >= 11 is 3.44. The molecule has 0 heterocycles. The number of hydrogen-bond acceptors (Lipinski definition) is 6. The Kier molecular flexibility index (Phi) is 11.9. The standard InChI is InChI=1S/C36H39BrFN3O6S/c1-36(2,3)39-35(43)31(21-25-9-7-6-8-10-25)40(23-26-11-13-27(37)14-12-26)34(42)24-41(29-17-15-28(38)16-18-29)48(44,45)30-19-20-32(46-4)33(22-30)47-5/h6-20,22,31H,21,23-24H2,1-5H3,(H,39,43)/t31-/m1/s1. The van der Waals surface area contributed by atoms with Crippen LogP contribution in [0, 0.1) is 5.82 Å². The minimum Gasteiger partial charge on any atom is -0.493 e. The van der Waals surface area contributed by atoms with Gasteiger partial charge >= 0.3 is 0 Å². The lowest BCUT2D eigenvalue weighted by atomic mass is 10.0. The van der Waals surface area contributed by atoms with Crippen LogP contribution < -0.4 is 19.1 Å². The van der Waals surface area contributed by atoms with Crippen LogP contribution in [0.3, 0.4) is 0 Å². The fraction of sp³-hybridized carbons (Fsp3) is 0.278. The molecule has 0 saturated carbocycles. The van der Waals surface area contributed by atoms with Crippen LogP contribution in [0.25, 0.3) is 0 Å². The first-order valence-corrected chi connectivity index (χ1v) is 17.4. The maximum absolute atomic E-state index is 14.6. The summed E-state index contributed by atoms with van der Waals surface area (Å²) in [5, 5.41) is 3.00. The minimum atomic E-state index is -4.44. The molecule has 1 N–H and O–H groups in total. The predicted octanol–water partition coefficient (Wildman–Crippen LogP) is 6.36. The molecule has 4 aromatic rings. The largest absolute Gasteiger partial charge is 0.493 e. The van der Waals surface area contributed by atoms with Crippen LogP contribution in [0.2, 0.25) is 0 Å². The first kappa shape index (κ1) is 36.4. The summed E-state index contributed by atoms with van der Waals surface area (Å²) in [7, 11) is -1.64. The third-order valence-electron chi connectivity index (χ3n) is 7.37. The number of ether oxygens (including phenoxy) is 2. The van der Waals surface area contributed by atoms with Crippen molar-refractivity contribution in [1.29, 1.82) is 0 Å². The Hall–Kier alpha value is -4.42. The molecule has 9 nitrogen and oxygen atoms in total. The quantitative estimate of drug-likeness (QED) is 0.171. The molecule has 12 heteroatoms. The van der Waals surface area contributed by atoms with Crippen LogP contribution in [0.5, 0.6) is 11.5 Å².